The molecule has 0 saturated carbocycles. The molecule has 32 heavy (non-hydrogen) atoms. The number of imide groups is 2. The number of nitrogens with zero attached hydrogens (tertiary/aromatic N) is 1. The van der Waals surface area contributed by atoms with Crippen LogP contribution in [0, 0.1) is 6.92 Å². The van der Waals surface area contributed by atoms with Gasteiger partial charge in [-0.3, -0.25) is 14.9 Å². The number of halogens is 1. The van der Waals surface area contributed by atoms with Crippen LogP contribution in [0.1, 0.15) is 21.7 Å². The van der Waals surface area contributed by atoms with E-state index in [1.165, 1.54) is 30.3 Å². The summed E-state index contributed by atoms with van der Waals surface area (Å²) < 4.78 is 5.70. The molecule has 0 atom stereocenters. The van der Waals surface area contributed by atoms with Gasteiger partial charge in [0.15, 0.2) is 0 Å². The van der Waals surface area contributed by atoms with Crippen LogP contribution in [-0.4, -0.2) is 28.9 Å². The summed E-state index contributed by atoms with van der Waals surface area (Å²) in [6.45, 7) is 1.75. The number of furan rings is 1. The average molecular weight is 451 g/mol. The summed E-state index contributed by atoms with van der Waals surface area (Å²) in [7, 11) is 0. The second-order valence-corrected chi connectivity index (χ2v) is 7.35. The van der Waals surface area contributed by atoms with Gasteiger partial charge in [0, 0.05) is 5.56 Å². The Morgan fingerprint density at radius 3 is 2.53 bits per heavy atom. The number of para-hydroxylation sites is 1. The summed E-state index contributed by atoms with van der Waals surface area (Å²) in [4.78, 5) is 49.7. The van der Waals surface area contributed by atoms with Crippen molar-refractivity contribution < 1.29 is 28.7 Å². The Bertz CT molecular complexity index is 1320. The normalized spacial score (nSPS) is 15.2. The van der Waals surface area contributed by atoms with E-state index in [9.17, 15) is 19.2 Å². The predicted octanol–water partition coefficient (Wildman–Crippen LogP) is 4.27. The van der Waals surface area contributed by atoms with E-state index in [1.54, 1.807) is 37.3 Å². The van der Waals surface area contributed by atoms with Gasteiger partial charge in [0.1, 0.15) is 17.1 Å². The van der Waals surface area contributed by atoms with Gasteiger partial charge in [-0.25, -0.2) is 14.5 Å². The minimum atomic E-state index is -1.15. The Morgan fingerprint density at radius 1 is 1.09 bits per heavy atom. The molecule has 0 aliphatic carbocycles. The quantitative estimate of drug-likeness (QED) is 0.452. The molecular weight excluding hydrogens is 436 g/mol. The predicted molar refractivity (Wildman–Crippen MR) is 116 cm³/mol. The van der Waals surface area contributed by atoms with Crippen LogP contribution < -0.4 is 10.2 Å². The highest BCUT2D eigenvalue weighted by Gasteiger charge is 2.37. The van der Waals surface area contributed by atoms with Gasteiger partial charge >= 0.3 is 12.0 Å². The number of aryl methyl sites for hydroxylation is 1. The maximum absolute atomic E-state index is 13.0. The number of nitrogens with one attached hydrogen (secondary N) is 1. The van der Waals surface area contributed by atoms with Crippen molar-refractivity contribution in [1.82, 2.24) is 5.32 Å². The van der Waals surface area contributed by atoms with Crippen LogP contribution in [0.5, 0.6) is 0 Å². The highest BCUT2D eigenvalue weighted by atomic mass is 35.5. The maximum atomic E-state index is 13.0. The van der Waals surface area contributed by atoms with Crippen LogP contribution >= 0.6 is 11.6 Å². The first kappa shape index (κ1) is 21.1. The molecule has 1 aliphatic heterocycles. The molecule has 2 aromatic carbocycles. The number of carboxylic acid groups (broad SMARTS) is 1. The summed E-state index contributed by atoms with van der Waals surface area (Å²) in [5.41, 5.74) is 1.25. The van der Waals surface area contributed by atoms with E-state index in [-0.39, 0.29) is 21.9 Å². The fourth-order valence-corrected chi connectivity index (χ4v) is 3.52. The van der Waals surface area contributed by atoms with Crippen molar-refractivity contribution in [1.29, 1.82) is 0 Å². The molecule has 0 unspecified atom stereocenters. The van der Waals surface area contributed by atoms with Gasteiger partial charge in [0.05, 0.1) is 16.3 Å². The molecule has 3 aromatic rings. The van der Waals surface area contributed by atoms with Crippen LogP contribution in [0.2, 0.25) is 5.02 Å². The zero-order valence-corrected chi connectivity index (χ0v) is 17.3. The molecule has 2 heterocycles. The largest absolute Gasteiger partial charge is 0.478 e. The standard InChI is InChI=1S/C23H15ClN2O6/c1-12-4-2-3-5-18(12)26-21(28)16(20(27)25-23(26)31)11-14-7-9-19(32-14)13-6-8-15(22(29)30)17(24)10-13/h2-11H,1H3,(H,29,30)(H,25,27,31)/b16-11-. The topological polar surface area (TPSA) is 117 Å². The van der Waals surface area contributed by atoms with Gasteiger partial charge < -0.3 is 9.52 Å². The molecule has 1 saturated heterocycles. The third-order valence-electron chi connectivity index (χ3n) is 4.86. The van der Waals surface area contributed by atoms with Crippen molar-refractivity contribution in [2.24, 2.45) is 0 Å². The van der Waals surface area contributed by atoms with Crippen LogP contribution in [0.25, 0.3) is 17.4 Å². The molecule has 9 heteroatoms. The summed E-state index contributed by atoms with van der Waals surface area (Å²) >= 11 is 6.01. The number of carboxylic acids is 1. The summed E-state index contributed by atoms with van der Waals surface area (Å²) in [5, 5.41) is 11.3. The zero-order valence-electron chi connectivity index (χ0n) is 16.6. The molecule has 4 rings (SSSR count). The number of urea groups is 1. The minimum Gasteiger partial charge on any atom is -0.478 e. The Morgan fingerprint density at radius 2 is 1.84 bits per heavy atom. The average Bonchev–Trinajstić information content (AvgIpc) is 3.21. The van der Waals surface area contributed by atoms with Gasteiger partial charge in [0.2, 0.25) is 0 Å². The van der Waals surface area contributed by atoms with Crippen LogP contribution in [0.4, 0.5) is 10.5 Å². The first-order valence-corrected chi connectivity index (χ1v) is 9.74. The van der Waals surface area contributed by atoms with Crippen molar-refractivity contribution in [2.75, 3.05) is 4.90 Å². The first-order chi connectivity index (χ1) is 15.3. The molecule has 0 spiro atoms. The monoisotopic (exact) mass is 450 g/mol. The Kier molecular flexibility index (Phi) is 5.38. The highest BCUT2D eigenvalue weighted by molar-refractivity contribution is 6.39. The number of rotatable bonds is 4. The second kappa shape index (κ2) is 8.16. The van der Waals surface area contributed by atoms with Crippen LogP contribution in [0.3, 0.4) is 0 Å². The van der Waals surface area contributed by atoms with Crippen molar-refractivity contribution in [3.63, 3.8) is 0 Å². The van der Waals surface area contributed by atoms with E-state index in [0.29, 0.717) is 22.6 Å². The molecule has 0 radical (unpaired) electrons. The number of carbonyl (C=O) groups is 4. The number of barbiturate groups is 1. The van der Waals surface area contributed by atoms with E-state index in [4.69, 9.17) is 21.1 Å². The van der Waals surface area contributed by atoms with Gasteiger partial charge in [0.25, 0.3) is 11.8 Å². The zero-order chi connectivity index (χ0) is 23.0. The van der Waals surface area contributed by atoms with E-state index >= 15 is 0 Å². The van der Waals surface area contributed by atoms with Crippen molar-refractivity contribution in [3.05, 3.63) is 82.1 Å². The van der Waals surface area contributed by atoms with Crippen molar-refractivity contribution in [3.8, 4) is 11.3 Å². The molecule has 8 nitrogen and oxygen atoms in total. The fourth-order valence-electron chi connectivity index (χ4n) is 3.26. The lowest BCUT2D eigenvalue weighted by Gasteiger charge is -2.27. The number of carbonyl (C=O) groups excluding carboxylic acids is 3. The molecular formula is C23H15ClN2O6. The Labute approximate surface area is 186 Å². The lowest BCUT2D eigenvalue weighted by atomic mass is 10.1. The van der Waals surface area contributed by atoms with Gasteiger partial charge in [-0.1, -0.05) is 35.9 Å². The summed E-state index contributed by atoms with van der Waals surface area (Å²) in [5.74, 6) is -2.22. The van der Waals surface area contributed by atoms with Crippen LogP contribution in [-0.2, 0) is 9.59 Å². The molecule has 0 bridgehead atoms. The smallest absolute Gasteiger partial charge is 0.337 e. The van der Waals surface area contributed by atoms with Crippen molar-refractivity contribution in [2.45, 2.75) is 6.92 Å². The van der Waals surface area contributed by atoms with Crippen molar-refractivity contribution >= 4 is 47.2 Å². The van der Waals surface area contributed by atoms with E-state index in [0.717, 1.165) is 4.90 Å². The second-order valence-electron chi connectivity index (χ2n) is 6.95. The van der Waals surface area contributed by atoms with E-state index in [1.807, 2.05) is 0 Å². The molecule has 1 fully saturated rings. The Balaban J connectivity index is 1.67. The van der Waals surface area contributed by atoms with E-state index < -0.39 is 23.8 Å². The number of hydrogen-bond donors (Lipinski definition) is 2. The third-order valence-corrected chi connectivity index (χ3v) is 5.17. The van der Waals surface area contributed by atoms with Gasteiger partial charge in [-0.05, 0) is 48.9 Å². The van der Waals surface area contributed by atoms with Gasteiger partial charge in [-0.2, -0.15) is 0 Å². The molecule has 1 aliphatic rings. The molecule has 4 amide bonds. The molecule has 2 N–H and O–H groups in total. The Hall–Kier alpha value is -4.17. The number of aromatic carboxylic acids is 1. The lowest BCUT2D eigenvalue weighted by Crippen LogP contribution is -2.54. The maximum Gasteiger partial charge on any atom is 0.337 e. The fraction of sp³-hybridized carbons (Fsp3) is 0.0435. The summed E-state index contributed by atoms with van der Waals surface area (Å²) in [6, 6.07) is 13.4. The van der Waals surface area contributed by atoms with Crippen LogP contribution in [0.15, 0.2) is 64.6 Å². The number of amides is 4. The van der Waals surface area contributed by atoms with Gasteiger partial charge in [-0.15, -0.1) is 0 Å². The summed E-state index contributed by atoms with van der Waals surface area (Å²) in [6.07, 6.45) is 1.24. The number of hydrogen-bond acceptors (Lipinski definition) is 5. The highest BCUT2D eigenvalue weighted by Crippen LogP contribution is 2.29. The number of anilines is 1. The van der Waals surface area contributed by atoms with E-state index in [2.05, 4.69) is 5.32 Å². The first-order valence-electron chi connectivity index (χ1n) is 9.36. The molecule has 160 valence electrons. The SMILES string of the molecule is Cc1ccccc1N1C(=O)NC(=O)/C(=C/c2ccc(-c3ccc(C(=O)O)c(Cl)c3)o2)C1=O. The lowest BCUT2D eigenvalue weighted by molar-refractivity contribution is -0.122. The minimum absolute atomic E-state index is 0.0422. The third kappa shape index (κ3) is 3.79. The number of benzene rings is 2. The molecule has 1 aromatic heterocycles.